The summed E-state index contributed by atoms with van der Waals surface area (Å²) in [6.45, 7) is 32.9. The fraction of sp³-hybridized carbons (Fsp3) is 0.676. The summed E-state index contributed by atoms with van der Waals surface area (Å²) in [7, 11) is 2.27. The number of likely N-dealkylation sites (N-methyl/N-ethyl adjacent to an activating group) is 1. The van der Waals surface area contributed by atoms with Crippen LogP contribution < -0.4 is 10.9 Å². The van der Waals surface area contributed by atoms with Crippen molar-refractivity contribution in [1.29, 1.82) is 0 Å². The molecular formula is C37H63IN4. The van der Waals surface area contributed by atoms with Crippen molar-refractivity contribution in [3.05, 3.63) is 70.6 Å². The lowest BCUT2D eigenvalue weighted by Crippen LogP contribution is -2.48. The van der Waals surface area contributed by atoms with E-state index in [4.69, 9.17) is 0 Å². The summed E-state index contributed by atoms with van der Waals surface area (Å²) in [4.78, 5) is 5.16. The molecule has 0 saturated carbocycles. The molecule has 0 aromatic heterocycles. The number of hydrogen-bond donors (Lipinski definition) is 2. The Balaban J connectivity index is 2.40. The van der Waals surface area contributed by atoms with Gasteiger partial charge >= 0.3 is 0 Å². The molecule has 2 rings (SSSR count). The van der Waals surface area contributed by atoms with Gasteiger partial charge in [-0.05, 0) is 90.2 Å². The molecule has 2 unspecified atom stereocenters. The molecule has 1 heterocycles. The maximum absolute atomic E-state index is 4.12. The van der Waals surface area contributed by atoms with Crippen LogP contribution in [-0.4, -0.2) is 45.1 Å². The van der Waals surface area contributed by atoms with Crippen molar-refractivity contribution >= 4 is 22.6 Å². The van der Waals surface area contributed by atoms with E-state index < -0.39 is 0 Å². The summed E-state index contributed by atoms with van der Waals surface area (Å²) in [6, 6.07) is 0.653. The fourth-order valence-electron chi connectivity index (χ4n) is 6.81. The number of halogens is 1. The summed E-state index contributed by atoms with van der Waals surface area (Å²) in [5.74, 6) is 0. The molecule has 0 aromatic rings. The Morgan fingerprint density at radius 1 is 1.17 bits per heavy atom. The van der Waals surface area contributed by atoms with Crippen LogP contribution >= 0.6 is 22.6 Å². The number of rotatable bonds is 14. The average Bonchev–Trinajstić information content (AvgIpc) is 3.10. The largest absolute Gasteiger partial charge is 0.353 e. The van der Waals surface area contributed by atoms with Gasteiger partial charge in [-0.1, -0.05) is 112 Å². The van der Waals surface area contributed by atoms with Crippen molar-refractivity contribution in [2.24, 2.45) is 10.8 Å². The zero-order valence-electron chi connectivity index (χ0n) is 29.3. The number of hydrazine groups is 1. The normalized spacial score (nSPS) is 25.5. The van der Waals surface area contributed by atoms with E-state index in [1.54, 1.807) is 5.57 Å². The van der Waals surface area contributed by atoms with Gasteiger partial charge < -0.3 is 9.80 Å². The standard InChI is InChI=1S/C37H63IN4/c1-15-26(5)28(7)24-39-40-29(8)22-35(9,10)30-20-19-21-32(37(13,18-4)23-30)42-25-31(41(14)33(42)17-3)34(27(6)16-2)36(11,12)38/h16,19,21,23,25,29,32-33,39-40H,2,15,17-18,20,22,24H2,1,3-14H3/b28-26+,34-27+/t29?,32-,33?,37+/m1/s1. The Morgan fingerprint density at radius 3 is 2.33 bits per heavy atom. The molecule has 5 heteroatoms. The highest BCUT2D eigenvalue weighted by Crippen LogP contribution is 2.46. The van der Waals surface area contributed by atoms with Crippen LogP contribution in [0.2, 0.25) is 0 Å². The molecule has 0 amide bonds. The highest BCUT2D eigenvalue weighted by atomic mass is 127. The summed E-state index contributed by atoms with van der Waals surface area (Å²) in [5.41, 5.74) is 15.6. The minimum atomic E-state index is -0.00171. The van der Waals surface area contributed by atoms with Crippen LogP contribution in [0.4, 0.5) is 0 Å². The van der Waals surface area contributed by atoms with Crippen LogP contribution in [0, 0.1) is 10.8 Å². The second-order valence-electron chi connectivity index (χ2n) is 14.2. The van der Waals surface area contributed by atoms with Crippen LogP contribution in [0.1, 0.15) is 115 Å². The first-order chi connectivity index (χ1) is 19.5. The molecule has 0 saturated heterocycles. The van der Waals surface area contributed by atoms with E-state index >= 15 is 0 Å². The molecule has 42 heavy (non-hydrogen) atoms. The Kier molecular flexibility index (Phi) is 13.3. The monoisotopic (exact) mass is 690 g/mol. The predicted octanol–water partition coefficient (Wildman–Crippen LogP) is 9.84. The fourth-order valence-corrected chi connectivity index (χ4v) is 7.52. The van der Waals surface area contributed by atoms with Crippen molar-refractivity contribution in [3.8, 4) is 0 Å². The third kappa shape index (κ3) is 8.65. The molecule has 0 radical (unpaired) electrons. The highest BCUT2D eigenvalue weighted by Gasteiger charge is 2.43. The van der Waals surface area contributed by atoms with Crippen molar-refractivity contribution in [3.63, 3.8) is 0 Å². The molecule has 1 aliphatic heterocycles. The molecule has 1 aliphatic carbocycles. The summed E-state index contributed by atoms with van der Waals surface area (Å²) >= 11 is 2.59. The Labute approximate surface area is 274 Å². The van der Waals surface area contributed by atoms with Crippen molar-refractivity contribution in [2.45, 2.75) is 137 Å². The third-order valence-electron chi connectivity index (χ3n) is 9.92. The van der Waals surface area contributed by atoms with Gasteiger partial charge in [-0.2, -0.15) is 0 Å². The minimum absolute atomic E-state index is 0.00171. The quantitative estimate of drug-likeness (QED) is 0.0625. The lowest BCUT2D eigenvalue weighted by Gasteiger charge is -2.44. The van der Waals surface area contributed by atoms with Gasteiger partial charge in [0.25, 0.3) is 0 Å². The van der Waals surface area contributed by atoms with E-state index in [-0.39, 0.29) is 20.3 Å². The number of nitrogens with one attached hydrogen (secondary N) is 2. The van der Waals surface area contributed by atoms with Gasteiger partial charge in [0.05, 0.1) is 11.7 Å². The molecule has 0 spiro atoms. The van der Waals surface area contributed by atoms with Crippen molar-refractivity contribution in [1.82, 2.24) is 20.7 Å². The molecule has 0 fully saturated rings. The lowest BCUT2D eigenvalue weighted by molar-refractivity contribution is 0.0917. The molecule has 238 valence electrons. The van der Waals surface area contributed by atoms with Gasteiger partial charge in [0.1, 0.15) is 6.17 Å². The zero-order valence-corrected chi connectivity index (χ0v) is 31.5. The smallest absolute Gasteiger partial charge is 0.101 e. The SMILES string of the molecule is C=C/C(C)=C(\C1=CN([C@@H]2C=CCC(C(C)(C)CC(C)NNC/C(C)=C(\C)CC)=C[C@]2(C)CC)C(CC)N1C)C(C)(C)I. The second-order valence-corrected chi connectivity index (χ2v) is 16.9. The molecule has 0 bridgehead atoms. The Morgan fingerprint density at radius 2 is 1.81 bits per heavy atom. The number of nitrogens with zero attached hydrogens (tertiary/aromatic N) is 2. The summed E-state index contributed by atoms with van der Waals surface area (Å²) in [5, 5.41) is 0. The number of allylic oxidation sites excluding steroid dienone is 6. The van der Waals surface area contributed by atoms with Crippen LogP contribution in [0.3, 0.4) is 0 Å². The van der Waals surface area contributed by atoms with E-state index in [1.165, 1.54) is 28.0 Å². The first-order valence-electron chi connectivity index (χ1n) is 16.2. The Hall–Kier alpha value is -1.31. The maximum atomic E-state index is 4.12. The van der Waals surface area contributed by atoms with Crippen LogP contribution in [-0.2, 0) is 0 Å². The predicted molar refractivity (Wildman–Crippen MR) is 194 cm³/mol. The third-order valence-corrected chi connectivity index (χ3v) is 10.5. The molecule has 4 atom stereocenters. The molecule has 4 nitrogen and oxygen atoms in total. The van der Waals surface area contributed by atoms with E-state index in [1.807, 2.05) is 6.08 Å². The molecule has 2 N–H and O–H groups in total. The molecular weight excluding hydrogens is 627 g/mol. The van der Waals surface area contributed by atoms with Crippen LogP contribution in [0.25, 0.3) is 0 Å². The zero-order chi connectivity index (χ0) is 32.0. The highest BCUT2D eigenvalue weighted by molar-refractivity contribution is 14.1. The van der Waals surface area contributed by atoms with Crippen LogP contribution in [0.5, 0.6) is 0 Å². The van der Waals surface area contributed by atoms with Gasteiger partial charge in [-0.15, -0.1) is 0 Å². The summed E-state index contributed by atoms with van der Waals surface area (Å²) in [6.07, 6.45) is 17.8. The van der Waals surface area contributed by atoms with E-state index in [0.29, 0.717) is 12.2 Å². The molecule has 0 aromatic carbocycles. The number of hydrogen-bond acceptors (Lipinski definition) is 4. The van der Waals surface area contributed by atoms with Gasteiger partial charge in [-0.25, -0.2) is 0 Å². The van der Waals surface area contributed by atoms with Crippen molar-refractivity contribution in [2.75, 3.05) is 13.6 Å². The first-order valence-corrected chi connectivity index (χ1v) is 17.3. The van der Waals surface area contributed by atoms with Crippen molar-refractivity contribution < 1.29 is 0 Å². The average molecular weight is 691 g/mol. The van der Waals surface area contributed by atoms with Gasteiger partial charge in [0, 0.05) is 34.7 Å². The first kappa shape index (κ1) is 36.9. The van der Waals surface area contributed by atoms with Gasteiger partial charge in [-0.3, -0.25) is 10.9 Å². The lowest BCUT2D eigenvalue weighted by atomic mass is 9.72. The second kappa shape index (κ2) is 15.1. The Bertz CT molecular complexity index is 1100. The summed E-state index contributed by atoms with van der Waals surface area (Å²) < 4.78 is -0.00171. The van der Waals surface area contributed by atoms with Gasteiger partial charge in [0.15, 0.2) is 0 Å². The molecule has 2 aliphatic rings. The maximum Gasteiger partial charge on any atom is 0.101 e. The number of alkyl halides is 1. The topological polar surface area (TPSA) is 30.5 Å². The van der Waals surface area contributed by atoms with Gasteiger partial charge in [0.2, 0.25) is 0 Å². The van der Waals surface area contributed by atoms with E-state index in [0.717, 1.165) is 38.6 Å². The van der Waals surface area contributed by atoms with E-state index in [2.05, 4.69) is 164 Å². The van der Waals surface area contributed by atoms with E-state index in [9.17, 15) is 0 Å². The van der Waals surface area contributed by atoms with Crippen LogP contribution in [0.15, 0.2) is 70.6 Å². The minimum Gasteiger partial charge on any atom is -0.353 e.